The van der Waals surface area contributed by atoms with Gasteiger partial charge in [0.05, 0.1) is 5.75 Å². The Morgan fingerprint density at radius 2 is 1.86 bits per heavy atom. The maximum Gasteiger partial charge on any atom is 0.234 e. The van der Waals surface area contributed by atoms with Gasteiger partial charge in [-0.25, -0.2) is 0 Å². The van der Waals surface area contributed by atoms with E-state index in [2.05, 4.69) is 52.2 Å². The highest BCUT2D eigenvalue weighted by molar-refractivity contribution is 9.10. The van der Waals surface area contributed by atoms with Crippen molar-refractivity contribution >= 4 is 39.3 Å². The number of anilines is 1. The van der Waals surface area contributed by atoms with Crippen LogP contribution in [0.5, 0.6) is 0 Å². The summed E-state index contributed by atoms with van der Waals surface area (Å²) < 4.78 is 3.05. The number of benzene rings is 2. The lowest BCUT2D eigenvalue weighted by Gasteiger charge is -2.13. The third-order valence-corrected chi connectivity index (χ3v) is 5.82. The van der Waals surface area contributed by atoms with Crippen molar-refractivity contribution in [2.24, 2.45) is 0 Å². The van der Waals surface area contributed by atoms with Crippen LogP contribution < -0.4 is 5.32 Å². The first-order valence-electron chi connectivity index (χ1n) is 9.20. The van der Waals surface area contributed by atoms with Crippen molar-refractivity contribution in [2.45, 2.75) is 38.4 Å². The van der Waals surface area contributed by atoms with E-state index in [4.69, 9.17) is 0 Å². The third-order valence-electron chi connectivity index (χ3n) is 4.32. The fourth-order valence-corrected chi connectivity index (χ4v) is 3.99. The van der Waals surface area contributed by atoms with Crippen LogP contribution in [0.3, 0.4) is 0 Å². The Balaban J connectivity index is 1.70. The molecule has 0 spiro atoms. The number of para-hydroxylation sites is 1. The van der Waals surface area contributed by atoms with Gasteiger partial charge in [-0.05, 0) is 36.6 Å². The Kier molecular flexibility index (Phi) is 6.91. The average molecular weight is 459 g/mol. The number of hydrogen-bond donors (Lipinski definition) is 1. The average Bonchev–Trinajstić information content (AvgIpc) is 3.10. The van der Waals surface area contributed by atoms with Crippen molar-refractivity contribution in [1.82, 2.24) is 14.8 Å². The summed E-state index contributed by atoms with van der Waals surface area (Å²) in [5, 5.41) is 12.4. The first-order valence-corrected chi connectivity index (χ1v) is 11.0. The molecule has 146 valence electrons. The van der Waals surface area contributed by atoms with E-state index in [0.29, 0.717) is 5.92 Å². The molecule has 1 heterocycles. The van der Waals surface area contributed by atoms with Crippen molar-refractivity contribution in [1.29, 1.82) is 0 Å². The van der Waals surface area contributed by atoms with Gasteiger partial charge in [-0.3, -0.25) is 4.79 Å². The lowest BCUT2D eigenvalue weighted by atomic mass is 10.0. The van der Waals surface area contributed by atoms with Gasteiger partial charge in [0.15, 0.2) is 11.0 Å². The highest BCUT2D eigenvalue weighted by Gasteiger charge is 2.15. The molecule has 0 fully saturated rings. The summed E-state index contributed by atoms with van der Waals surface area (Å²) in [6, 6.07) is 15.9. The molecule has 0 saturated heterocycles. The van der Waals surface area contributed by atoms with E-state index in [1.807, 2.05) is 53.1 Å². The van der Waals surface area contributed by atoms with E-state index in [9.17, 15) is 4.79 Å². The summed E-state index contributed by atoms with van der Waals surface area (Å²) in [5.74, 6) is 1.39. The van der Waals surface area contributed by atoms with Crippen LogP contribution in [0.4, 0.5) is 5.69 Å². The van der Waals surface area contributed by atoms with Gasteiger partial charge in [0.2, 0.25) is 5.91 Å². The molecule has 7 heteroatoms. The number of nitrogens with zero attached hydrogens (tertiary/aromatic N) is 3. The highest BCUT2D eigenvalue weighted by atomic mass is 79.9. The van der Waals surface area contributed by atoms with Crippen LogP contribution >= 0.6 is 27.7 Å². The molecular weight excluding hydrogens is 436 g/mol. The second kappa shape index (κ2) is 9.39. The molecule has 0 bridgehead atoms. The Hall–Kier alpha value is -2.12. The van der Waals surface area contributed by atoms with Gasteiger partial charge < -0.3 is 9.88 Å². The summed E-state index contributed by atoms with van der Waals surface area (Å²) in [6.07, 6.45) is 0. The summed E-state index contributed by atoms with van der Waals surface area (Å²) in [7, 11) is 0. The van der Waals surface area contributed by atoms with Gasteiger partial charge in [-0.1, -0.05) is 71.9 Å². The molecule has 1 N–H and O–H groups in total. The zero-order valence-electron chi connectivity index (χ0n) is 16.1. The monoisotopic (exact) mass is 458 g/mol. The molecular formula is C21H23BrN4OS. The number of amides is 1. The maximum absolute atomic E-state index is 12.5. The molecule has 0 aliphatic rings. The van der Waals surface area contributed by atoms with Crippen LogP contribution in [0.25, 0.3) is 11.4 Å². The van der Waals surface area contributed by atoms with Crippen molar-refractivity contribution in [3.05, 3.63) is 58.6 Å². The van der Waals surface area contributed by atoms with Crippen LogP contribution in [-0.4, -0.2) is 26.4 Å². The Labute approximate surface area is 178 Å². The zero-order chi connectivity index (χ0) is 20.1. The van der Waals surface area contributed by atoms with Crippen molar-refractivity contribution in [3.63, 3.8) is 0 Å². The molecule has 5 nitrogen and oxygen atoms in total. The Bertz CT molecular complexity index is 953. The Morgan fingerprint density at radius 1 is 1.14 bits per heavy atom. The largest absolute Gasteiger partial charge is 0.325 e. The van der Waals surface area contributed by atoms with E-state index in [1.54, 1.807) is 0 Å². The predicted octanol–water partition coefficient (Wildman–Crippen LogP) is 5.58. The van der Waals surface area contributed by atoms with Crippen molar-refractivity contribution < 1.29 is 4.79 Å². The minimum absolute atomic E-state index is 0.0473. The number of hydrogen-bond acceptors (Lipinski definition) is 4. The van der Waals surface area contributed by atoms with Crippen LogP contribution in [0.2, 0.25) is 0 Å². The first-order chi connectivity index (χ1) is 13.5. The molecule has 1 amide bonds. The topological polar surface area (TPSA) is 59.8 Å². The SMILES string of the molecule is CCn1c(SCC(=O)Nc2ccccc2C(C)C)nnc1-c1ccc(Br)cc1. The fraction of sp³-hybridized carbons (Fsp3) is 0.286. The minimum atomic E-state index is -0.0473. The van der Waals surface area contributed by atoms with E-state index < -0.39 is 0 Å². The first kappa shape index (κ1) is 20.6. The molecule has 0 atom stereocenters. The molecule has 3 aromatic rings. The van der Waals surface area contributed by atoms with Gasteiger partial charge in [0.1, 0.15) is 0 Å². The molecule has 0 aliphatic carbocycles. The predicted molar refractivity (Wildman–Crippen MR) is 119 cm³/mol. The lowest BCUT2D eigenvalue weighted by molar-refractivity contribution is -0.113. The third kappa shape index (κ3) is 4.83. The Morgan fingerprint density at radius 3 is 2.54 bits per heavy atom. The molecule has 0 unspecified atom stereocenters. The van der Waals surface area contributed by atoms with Gasteiger partial charge in [0.25, 0.3) is 0 Å². The van der Waals surface area contributed by atoms with E-state index in [0.717, 1.165) is 38.8 Å². The van der Waals surface area contributed by atoms with Gasteiger partial charge >= 0.3 is 0 Å². The fourth-order valence-electron chi connectivity index (χ4n) is 2.92. The maximum atomic E-state index is 12.5. The lowest BCUT2D eigenvalue weighted by Crippen LogP contribution is -2.16. The van der Waals surface area contributed by atoms with Gasteiger partial charge in [-0.2, -0.15) is 0 Å². The van der Waals surface area contributed by atoms with E-state index >= 15 is 0 Å². The molecule has 3 rings (SSSR count). The second-order valence-corrected chi connectivity index (χ2v) is 8.49. The van der Waals surface area contributed by atoms with Crippen LogP contribution in [0, 0.1) is 0 Å². The number of aromatic nitrogens is 3. The number of halogens is 1. The number of thioether (sulfide) groups is 1. The molecule has 0 aliphatic heterocycles. The quantitative estimate of drug-likeness (QED) is 0.469. The molecule has 0 saturated carbocycles. The van der Waals surface area contributed by atoms with E-state index in [1.165, 1.54) is 11.8 Å². The second-order valence-electron chi connectivity index (χ2n) is 6.64. The van der Waals surface area contributed by atoms with Crippen molar-refractivity contribution in [3.8, 4) is 11.4 Å². The summed E-state index contributed by atoms with van der Waals surface area (Å²) in [6.45, 7) is 7.02. The van der Waals surface area contributed by atoms with Gasteiger partial charge in [-0.15, -0.1) is 10.2 Å². The molecule has 1 aromatic heterocycles. The molecule has 28 heavy (non-hydrogen) atoms. The van der Waals surface area contributed by atoms with Crippen LogP contribution in [0.15, 0.2) is 58.2 Å². The molecule has 2 aromatic carbocycles. The highest BCUT2D eigenvalue weighted by Crippen LogP contribution is 2.26. The van der Waals surface area contributed by atoms with Crippen LogP contribution in [-0.2, 0) is 11.3 Å². The summed E-state index contributed by atoms with van der Waals surface area (Å²) in [4.78, 5) is 12.5. The van der Waals surface area contributed by atoms with E-state index in [-0.39, 0.29) is 11.7 Å². The number of rotatable bonds is 7. The number of carbonyl (C=O) groups is 1. The zero-order valence-corrected chi connectivity index (χ0v) is 18.5. The number of nitrogens with one attached hydrogen (secondary N) is 1. The molecule has 0 radical (unpaired) electrons. The van der Waals surface area contributed by atoms with Gasteiger partial charge in [0, 0.05) is 22.3 Å². The van der Waals surface area contributed by atoms with Crippen molar-refractivity contribution in [2.75, 3.05) is 11.1 Å². The smallest absolute Gasteiger partial charge is 0.234 e. The minimum Gasteiger partial charge on any atom is -0.325 e. The standard InChI is InChI=1S/C21H23BrN4OS/c1-4-26-20(15-9-11-16(22)12-10-15)24-25-21(26)28-13-19(27)23-18-8-6-5-7-17(18)14(2)3/h5-12,14H,4,13H2,1-3H3,(H,23,27). The normalized spacial score (nSPS) is 11.0. The number of carbonyl (C=O) groups excluding carboxylic acids is 1. The summed E-state index contributed by atoms with van der Waals surface area (Å²) >= 11 is 4.85. The van der Waals surface area contributed by atoms with Crippen LogP contribution in [0.1, 0.15) is 32.3 Å². The summed E-state index contributed by atoms with van der Waals surface area (Å²) in [5.41, 5.74) is 3.01.